The highest BCUT2D eigenvalue weighted by molar-refractivity contribution is 7.99. The average Bonchev–Trinajstić information content (AvgIpc) is 2.34. The van der Waals surface area contributed by atoms with Crippen molar-refractivity contribution in [3.63, 3.8) is 0 Å². The molecule has 4 nitrogen and oxygen atoms in total. The van der Waals surface area contributed by atoms with Crippen molar-refractivity contribution in [2.24, 2.45) is 5.92 Å². The molecule has 1 aromatic rings. The van der Waals surface area contributed by atoms with Crippen LogP contribution in [0.2, 0.25) is 5.02 Å². The van der Waals surface area contributed by atoms with Crippen molar-refractivity contribution in [2.45, 2.75) is 20.3 Å². The lowest BCUT2D eigenvalue weighted by atomic mass is 10.2. The van der Waals surface area contributed by atoms with Crippen molar-refractivity contribution in [3.05, 3.63) is 28.8 Å². The maximum absolute atomic E-state index is 11.7. The Balaban J connectivity index is 2.46. The maximum atomic E-state index is 11.7. The van der Waals surface area contributed by atoms with Gasteiger partial charge in [0.25, 0.3) is 0 Å². The first kappa shape index (κ1) is 16.9. The minimum atomic E-state index is -1.09. The Labute approximate surface area is 127 Å². The molecular weight excluding hydrogens is 298 g/mol. The monoisotopic (exact) mass is 315 g/mol. The van der Waals surface area contributed by atoms with Crippen LogP contribution in [0.3, 0.4) is 0 Å². The first-order chi connectivity index (χ1) is 9.40. The van der Waals surface area contributed by atoms with Gasteiger partial charge in [-0.05, 0) is 36.3 Å². The number of amides is 1. The topological polar surface area (TPSA) is 66.4 Å². The highest BCUT2D eigenvalue weighted by Crippen LogP contribution is 2.21. The van der Waals surface area contributed by atoms with Crippen LogP contribution in [0, 0.1) is 5.92 Å². The van der Waals surface area contributed by atoms with Crippen molar-refractivity contribution in [1.29, 1.82) is 0 Å². The van der Waals surface area contributed by atoms with Gasteiger partial charge in [0.05, 0.1) is 16.3 Å². The van der Waals surface area contributed by atoms with Gasteiger partial charge in [-0.2, -0.15) is 11.8 Å². The number of carbonyl (C=O) groups is 2. The number of carboxylic acid groups (broad SMARTS) is 1. The number of aromatic carboxylic acids is 1. The summed E-state index contributed by atoms with van der Waals surface area (Å²) in [6.45, 7) is 4.29. The largest absolute Gasteiger partial charge is 0.478 e. The van der Waals surface area contributed by atoms with Gasteiger partial charge in [0, 0.05) is 5.69 Å². The number of carboxylic acids is 1. The molecule has 0 atom stereocenters. The van der Waals surface area contributed by atoms with E-state index in [0.717, 1.165) is 12.2 Å². The molecule has 0 aliphatic carbocycles. The van der Waals surface area contributed by atoms with Gasteiger partial charge in [0.15, 0.2) is 0 Å². The van der Waals surface area contributed by atoms with Crippen molar-refractivity contribution >= 4 is 40.9 Å². The number of thioether (sulfide) groups is 1. The Bertz CT molecular complexity index is 491. The zero-order valence-corrected chi connectivity index (χ0v) is 13.1. The van der Waals surface area contributed by atoms with Crippen molar-refractivity contribution in [3.8, 4) is 0 Å². The molecule has 0 spiro atoms. The van der Waals surface area contributed by atoms with E-state index in [9.17, 15) is 9.59 Å². The summed E-state index contributed by atoms with van der Waals surface area (Å²) in [5.41, 5.74) is 0.533. The summed E-state index contributed by atoms with van der Waals surface area (Å²) in [7, 11) is 0. The number of carbonyl (C=O) groups excluding carboxylic acids is 1. The van der Waals surface area contributed by atoms with E-state index in [4.69, 9.17) is 16.7 Å². The summed E-state index contributed by atoms with van der Waals surface area (Å²) in [6, 6.07) is 4.36. The van der Waals surface area contributed by atoms with E-state index in [-0.39, 0.29) is 16.5 Å². The smallest absolute Gasteiger partial charge is 0.337 e. The van der Waals surface area contributed by atoms with E-state index < -0.39 is 5.97 Å². The first-order valence-electron chi connectivity index (χ1n) is 6.30. The minimum absolute atomic E-state index is 0.0241. The van der Waals surface area contributed by atoms with Crippen LogP contribution < -0.4 is 5.32 Å². The zero-order chi connectivity index (χ0) is 15.1. The Morgan fingerprint density at radius 1 is 1.40 bits per heavy atom. The van der Waals surface area contributed by atoms with Gasteiger partial charge in [-0.3, -0.25) is 4.79 Å². The van der Waals surface area contributed by atoms with Gasteiger partial charge in [-0.15, -0.1) is 0 Å². The number of hydrogen-bond donors (Lipinski definition) is 2. The van der Waals surface area contributed by atoms with E-state index in [1.54, 1.807) is 11.8 Å². The van der Waals surface area contributed by atoms with E-state index in [1.807, 2.05) is 0 Å². The molecule has 0 aromatic heterocycles. The number of halogens is 1. The third kappa shape index (κ3) is 5.84. The van der Waals surface area contributed by atoms with Crippen LogP contribution in [0.5, 0.6) is 0 Å². The molecule has 0 fully saturated rings. The number of anilines is 1. The maximum Gasteiger partial charge on any atom is 0.337 e. The number of hydrogen-bond acceptors (Lipinski definition) is 3. The fraction of sp³-hybridized carbons (Fsp3) is 0.429. The highest BCUT2D eigenvalue weighted by Gasteiger charge is 2.10. The van der Waals surface area contributed by atoms with E-state index >= 15 is 0 Å². The number of nitrogens with one attached hydrogen (secondary N) is 1. The fourth-order valence-electron chi connectivity index (χ4n) is 1.45. The molecule has 1 amide bonds. The van der Waals surface area contributed by atoms with Gasteiger partial charge in [0.2, 0.25) is 5.91 Å². The molecule has 0 saturated carbocycles. The van der Waals surface area contributed by atoms with Crippen molar-refractivity contribution in [2.75, 3.05) is 16.8 Å². The summed E-state index contributed by atoms with van der Waals surface area (Å²) in [4.78, 5) is 22.5. The normalized spacial score (nSPS) is 10.6. The lowest BCUT2D eigenvalue weighted by molar-refractivity contribution is -0.113. The molecule has 20 heavy (non-hydrogen) atoms. The van der Waals surface area contributed by atoms with Gasteiger partial charge < -0.3 is 10.4 Å². The molecule has 0 aliphatic heterocycles. The van der Waals surface area contributed by atoms with Crippen LogP contribution in [0.4, 0.5) is 5.69 Å². The molecule has 0 bridgehead atoms. The van der Waals surface area contributed by atoms with E-state index in [1.165, 1.54) is 18.2 Å². The number of benzene rings is 1. The third-order valence-corrected chi connectivity index (χ3v) is 3.86. The van der Waals surface area contributed by atoms with Crippen LogP contribution in [0.15, 0.2) is 18.2 Å². The lowest BCUT2D eigenvalue weighted by Crippen LogP contribution is -2.14. The van der Waals surface area contributed by atoms with Gasteiger partial charge in [-0.1, -0.05) is 25.4 Å². The molecule has 0 radical (unpaired) electrons. The predicted octanol–water partition coefficient (Wildman–Crippen LogP) is 3.76. The molecule has 1 aromatic carbocycles. The molecule has 6 heteroatoms. The molecule has 2 N–H and O–H groups in total. The molecular formula is C14H18ClNO3S. The van der Waals surface area contributed by atoms with Crippen LogP contribution in [-0.2, 0) is 4.79 Å². The molecule has 0 heterocycles. The quantitative estimate of drug-likeness (QED) is 0.752. The number of rotatable bonds is 7. The summed E-state index contributed by atoms with van der Waals surface area (Å²) in [6.07, 6.45) is 1.08. The standard InChI is InChI=1S/C14H18ClNO3S/c1-9(2)5-6-20-8-13(17)16-10-3-4-11(14(18)19)12(15)7-10/h3-4,7,9H,5-6,8H2,1-2H3,(H,16,17)(H,18,19). The Morgan fingerprint density at radius 3 is 2.65 bits per heavy atom. The van der Waals surface area contributed by atoms with Crippen molar-refractivity contribution < 1.29 is 14.7 Å². The van der Waals surface area contributed by atoms with Crippen molar-refractivity contribution in [1.82, 2.24) is 0 Å². The second kappa shape index (κ2) is 8.17. The Hall–Kier alpha value is -1.20. The second-order valence-electron chi connectivity index (χ2n) is 4.78. The van der Waals surface area contributed by atoms with Crippen LogP contribution in [-0.4, -0.2) is 28.5 Å². The summed E-state index contributed by atoms with van der Waals surface area (Å²) in [5, 5.41) is 11.7. The zero-order valence-electron chi connectivity index (χ0n) is 11.5. The van der Waals surface area contributed by atoms with Crippen LogP contribution in [0.1, 0.15) is 30.6 Å². The highest BCUT2D eigenvalue weighted by atomic mass is 35.5. The van der Waals surface area contributed by atoms with Gasteiger partial charge in [0.1, 0.15) is 0 Å². The predicted molar refractivity (Wildman–Crippen MR) is 83.8 cm³/mol. The Morgan fingerprint density at radius 2 is 2.10 bits per heavy atom. The molecule has 0 aliphatic rings. The molecule has 0 saturated heterocycles. The summed E-state index contributed by atoms with van der Waals surface area (Å²) < 4.78 is 0. The van der Waals surface area contributed by atoms with Gasteiger partial charge in [-0.25, -0.2) is 4.79 Å². The van der Waals surface area contributed by atoms with Gasteiger partial charge >= 0.3 is 5.97 Å². The summed E-state index contributed by atoms with van der Waals surface area (Å²) >= 11 is 7.41. The third-order valence-electron chi connectivity index (χ3n) is 2.56. The molecule has 110 valence electrons. The fourth-order valence-corrected chi connectivity index (χ4v) is 2.75. The van der Waals surface area contributed by atoms with Crippen LogP contribution >= 0.6 is 23.4 Å². The molecule has 1 rings (SSSR count). The van der Waals surface area contributed by atoms with Crippen LogP contribution in [0.25, 0.3) is 0 Å². The van der Waals surface area contributed by atoms with E-state index in [2.05, 4.69) is 19.2 Å². The lowest BCUT2D eigenvalue weighted by Gasteiger charge is -2.07. The summed E-state index contributed by atoms with van der Waals surface area (Å²) in [5.74, 6) is 0.761. The molecule has 0 unspecified atom stereocenters. The SMILES string of the molecule is CC(C)CCSCC(=O)Nc1ccc(C(=O)O)c(Cl)c1. The minimum Gasteiger partial charge on any atom is -0.478 e. The van der Waals surface area contributed by atoms with E-state index in [0.29, 0.717) is 17.4 Å². The second-order valence-corrected chi connectivity index (χ2v) is 6.30. The average molecular weight is 316 g/mol. The Kier molecular flexibility index (Phi) is 6.88. The first-order valence-corrected chi connectivity index (χ1v) is 7.84.